The number of hydrogen-bond acceptors (Lipinski definition) is 3. The first-order valence-corrected chi connectivity index (χ1v) is 16.5. The minimum absolute atomic E-state index is 0.0857. The molecule has 5 heteroatoms. The molecule has 9 rings (SSSR count). The Morgan fingerprint density at radius 1 is 0.612 bits per heavy atom. The fourth-order valence-corrected chi connectivity index (χ4v) is 7.62. The molecular weight excluding hydrogens is 609 g/mol. The van der Waals surface area contributed by atoms with Gasteiger partial charge in [-0.25, -0.2) is 8.78 Å². The van der Waals surface area contributed by atoms with Crippen LogP contribution < -0.4 is 9.80 Å². The summed E-state index contributed by atoms with van der Waals surface area (Å²) in [6.07, 6.45) is 2.14. The molecular formula is C44H29F2N3. The molecule has 1 aliphatic rings. The van der Waals surface area contributed by atoms with Gasteiger partial charge in [-0.15, -0.1) is 0 Å². The van der Waals surface area contributed by atoms with E-state index in [-0.39, 0.29) is 11.3 Å². The van der Waals surface area contributed by atoms with Crippen LogP contribution in [-0.2, 0) is 6.42 Å². The standard InChI is InChI=1S/C44H29F2N3/c45-37-26-42(38(46)25-36(37)29-7-2-1-3-8-29)49(33-18-12-28(27-47)13-19-33)41-23-17-32-14-20-34-40(22-16-31-15-21-35(41)44(32)43(31)34)48-24-6-10-30-9-4-5-11-39(30)48/h1-5,7-9,11-23,25-26H,6,10,24H2. The molecule has 8 aromatic rings. The highest BCUT2D eigenvalue weighted by molar-refractivity contribution is 6.28. The number of rotatable bonds is 5. The van der Waals surface area contributed by atoms with Crippen molar-refractivity contribution in [2.45, 2.75) is 12.8 Å². The van der Waals surface area contributed by atoms with Gasteiger partial charge in [-0.2, -0.15) is 5.26 Å². The Kier molecular flexibility index (Phi) is 6.77. The summed E-state index contributed by atoms with van der Waals surface area (Å²) in [5.41, 5.74) is 6.46. The summed E-state index contributed by atoms with van der Waals surface area (Å²) >= 11 is 0. The minimum atomic E-state index is -0.554. The van der Waals surface area contributed by atoms with Crippen LogP contribution in [0.4, 0.5) is 37.2 Å². The zero-order valence-electron chi connectivity index (χ0n) is 26.5. The molecule has 0 aliphatic carbocycles. The number of benzene rings is 8. The molecule has 0 atom stereocenters. The molecule has 0 bridgehead atoms. The molecule has 0 radical (unpaired) electrons. The summed E-state index contributed by atoms with van der Waals surface area (Å²) in [5.74, 6) is -1.08. The molecule has 0 saturated carbocycles. The van der Waals surface area contributed by atoms with Crippen molar-refractivity contribution < 1.29 is 8.78 Å². The maximum atomic E-state index is 16.4. The number of fused-ring (bicyclic) bond motifs is 1. The Balaban J connectivity index is 1.28. The Bertz CT molecular complexity index is 2570. The summed E-state index contributed by atoms with van der Waals surface area (Å²) < 4.78 is 32.3. The van der Waals surface area contributed by atoms with Gasteiger partial charge in [0.05, 0.1) is 23.0 Å². The smallest absolute Gasteiger partial charge is 0.148 e. The highest BCUT2D eigenvalue weighted by Gasteiger charge is 2.25. The number of nitriles is 1. The van der Waals surface area contributed by atoms with Gasteiger partial charge in [-0.05, 0) is 94.0 Å². The van der Waals surface area contributed by atoms with Crippen molar-refractivity contribution in [3.8, 4) is 17.2 Å². The first kappa shape index (κ1) is 28.9. The van der Waals surface area contributed by atoms with Crippen molar-refractivity contribution in [1.82, 2.24) is 0 Å². The molecule has 0 fully saturated rings. The van der Waals surface area contributed by atoms with Crippen LogP contribution in [0, 0.1) is 23.0 Å². The Morgan fingerprint density at radius 3 is 2.10 bits per heavy atom. The summed E-state index contributed by atoms with van der Waals surface area (Å²) in [5, 5.41) is 16.0. The van der Waals surface area contributed by atoms with Crippen molar-refractivity contribution in [3.05, 3.63) is 162 Å². The van der Waals surface area contributed by atoms with Crippen LogP contribution in [0.25, 0.3) is 43.4 Å². The molecule has 1 heterocycles. The molecule has 0 spiro atoms. The highest BCUT2D eigenvalue weighted by atomic mass is 19.1. The Morgan fingerprint density at radius 2 is 1.31 bits per heavy atom. The van der Waals surface area contributed by atoms with E-state index < -0.39 is 11.6 Å². The molecule has 0 unspecified atom stereocenters. The van der Waals surface area contributed by atoms with Gasteiger partial charge in [0.15, 0.2) is 0 Å². The van der Waals surface area contributed by atoms with Gasteiger partial charge < -0.3 is 9.80 Å². The predicted molar refractivity (Wildman–Crippen MR) is 197 cm³/mol. The summed E-state index contributed by atoms with van der Waals surface area (Å²) in [6, 6.07) is 46.4. The highest BCUT2D eigenvalue weighted by Crippen LogP contribution is 2.47. The number of hydrogen-bond donors (Lipinski definition) is 0. The average molecular weight is 638 g/mol. The van der Waals surface area contributed by atoms with E-state index >= 15 is 8.78 Å². The first-order valence-electron chi connectivity index (χ1n) is 16.5. The van der Waals surface area contributed by atoms with Gasteiger partial charge >= 0.3 is 0 Å². The maximum Gasteiger partial charge on any atom is 0.148 e. The third kappa shape index (κ3) is 4.68. The van der Waals surface area contributed by atoms with E-state index in [9.17, 15) is 5.26 Å². The minimum Gasteiger partial charge on any atom is -0.341 e. The molecule has 234 valence electrons. The van der Waals surface area contributed by atoms with Crippen molar-refractivity contribution >= 4 is 60.8 Å². The van der Waals surface area contributed by atoms with Gasteiger partial charge in [0.25, 0.3) is 0 Å². The lowest BCUT2D eigenvalue weighted by Crippen LogP contribution is -2.24. The SMILES string of the molecule is N#Cc1ccc(N(c2cc(F)c(-c3ccccc3)cc2F)c2ccc3ccc4c(N5CCCc6ccccc65)ccc5ccc2c3c54)cc1. The van der Waals surface area contributed by atoms with E-state index in [2.05, 4.69) is 77.7 Å². The predicted octanol–water partition coefficient (Wildman–Crippen LogP) is 12.0. The van der Waals surface area contributed by atoms with Crippen molar-refractivity contribution in [3.63, 3.8) is 0 Å². The number of para-hydroxylation sites is 1. The third-order valence-corrected chi connectivity index (χ3v) is 9.88. The number of nitrogens with zero attached hydrogens (tertiary/aromatic N) is 3. The number of halogens is 2. The van der Waals surface area contributed by atoms with E-state index in [1.807, 2.05) is 24.3 Å². The molecule has 0 saturated heterocycles. The first-order chi connectivity index (χ1) is 24.1. The zero-order valence-corrected chi connectivity index (χ0v) is 26.5. The summed E-state index contributed by atoms with van der Waals surface area (Å²) in [6.45, 7) is 0.933. The second-order valence-corrected chi connectivity index (χ2v) is 12.6. The van der Waals surface area contributed by atoms with Crippen LogP contribution in [0.2, 0.25) is 0 Å². The van der Waals surface area contributed by atoms with Crippen LogP contribution in [-0.4, -0.2) is 6.54 Å². The Hall–Kier alpha value is -6.25. The summed E-state index contributed by atoms with van der Waals surface area (Å²) in [4.78, 5) is 4.20. The average Bonchev–Trinajstić information content (AvgIpc) is 3.16. The molecule has 0 amide bonds. The number of anilines is 5. The molecule has 1 aliphatic heterocycles. The van der Waals surface area contributed by atoms with Crippen LogP contribution in [0.15, 0.2) is 140 Å². The van der Waals surface area contributed by atoms with E-state index in [0.717, 1.165) is 57.4 Å². The topological polar surface area (TPSA) is 30.3 Å². The molecule has 49 heavy (non-hydrogen) atoms. The van der Waals surface area contributed by atoms with Crippen LogP contribution in [0.5, 0.6) is 0 Å². The van der Waals surface area contributed by atoms with E-state index in [1.165, 1.54) is 23.4 Å². The molecule has 0 aromatic heterocycles. The van der Waals surface area contributed by atoms with Crippen LogP contribution in [0.1, 0.15) is 17.5 Å². The lowest BCUT2D eigenvalue weighted by atomic mass is 9.91. The van der Waals surface area contributed by atoms with Crippen LogP contribution in [0.3, 0.4) is 0 Å². The van der Waals surface area contributed by atoms with Crippen molar-refractivity contribution in [1.29, 1.82) is 5.26 Å². The number of aryl methyl sites for hydroxylation is 1. The normalized spacial score (nSPS) is 12.8. The van der Waals surface area contributed by atoms with E-state index in [1.54, 1.807) is 41.3 Å². The lowest BCUT2D eigenvalue weighted by molar-refractivity contribution is 0.604. The largest absolute Gasteiger partial charge is 0.341 e. The monoisotopic (exact) mass is 637 g/mol. The zero-order chi connectivity index (χ0) is 33.1. The lowest BCUT2D eigenvalue weighted by Gasteiger charge is -2.33. The second kappa shape index (κ2) is 11.5. The van der Waals surface area contributed by atoms with E-state index in [0.29, 0.717) is 22.5 Å². The van der Waals surface area contributed by atoms with Gasteiger partial charge in [-0.1, -0.05) is 84.9 Å². The Labute approximate surface area is 282 Å². The quantitative estimate of drug-likeness (QED) is 0.176. The second-order valence-electron chi connectivity index (χ2n) is 12.6. The van der Waals surface area contributed by atoms with Crippen molar-refractivity contribution in [2.24, 2.45) is 0 Å². The van der Waals surface area contributed by atoms with Crippen molar-refractivity contribution in [2.75, 3.05) is 16.3 Å². The van der Waals surface area contributed by atoms with Gasteiger partial charge in [0.1, 0.15) is 11.6 Å². The molecule has 0 N–H and O–H groups in total. The maximum absolute atomic E-state index is 16.4. The molecule has 3 nitrogen and oxygen atoms in total. The fraction of sp³-hybridized carbons (Fsp3) is 0.0682. The summed E-state index contributed by atoms with van der Waals surface area (Å²) in [7, 11) is 0. The van der Waals surface area contributed by atoms with Crippen LogP contribution >= 0.6 is 0 Å². The fourth-order valence-electron chi connectivity index (χ4n) is 7.62. The molecule has 8 aromatic carbocycles. The van der Waals surface area contributed by atoms with Gasteiger partial charge in [-0.3, -0.25) is 0 Å². The van der Waals surface area contributed by atoms with E-state index in [4.69, 9.17) is 0 Å². The van der Waals surface area contributed by atoms with Gasteiger partial charge in [0, 0.05) is 46.0 Å². The third-order valence-electron chi connectivity index (χ3n) is 9.88. The van der Waals surface area contributed by atoms with Gasteiger partial charge in [0.2, 0.25) is 0 Å².